The van der Waals surface area contributed by atoms with Crippen molar-refractivity contribution >= 4 is 16.8 Å². The topological polar surface area (TPSA) is 44.1 Å². The largest absolute Gasteiger partial charge is 0.492 e. The van der Waals surface area contributed by atoms with E-state index in [1.165, 1.54) is 12.1 Å². The summed E-state index contributed by atoms with van der Waals surface area (Å²) >= 11 is 5.36. The van der Waals surface area contributed by atoms with Crippen LogP contribution in [0.15, 0.2) is 30.3 Å². The van der Waals surface area contributed by atoms with Crippen LogP contribution in [0.2, 0.25) is 0 Å². The highest BCUT2D eigenvalue weighted by molar-refractivity contribution is 6.67. The third-order valence-electron chi connectivity index (χ3n) is 2.50. The van der Waals surface area contributed by atoms with Gasteiger partial charge in [0.2, 0.25) is 5.69 Å². The number of rotatable bonds is 3. The monoisotopic (exact) mass is 304 g/mol. The third-order valence-corrected chi connectivity index (χ3v) is 2.68. The molecule has 1 heterocycles. The molecule has 4 nitrogen and oxygen atoms in total. The molecule has 0 atom stereocenters. The zero-order valence-corrected chi connectivity index (χ0v) is 10.9. The van der Waals surface area contributed by atoms with Gasteiger partial charge in [-0.3, -0.25) is 4.79 Å². The molecule has 0 radical (unpaired) electrons. The van der Waals surface area contributed by atoms with E-state index in [9.17, 15) is 18.0 Å². The van der Waals surface area contributed by atoms with Gasteiger partial charge < -0.3 is 4.74 Å². The van der Waals surface area contributed by atoms with E-state index >= 15 is 0 Å². The summed E-state index contributed by atoms with van der Waals surface area (Å²) in [5.41, 5.74) is -1.49. The number of carbonyl (C=O) groups is 1. The van der Waals surface area contributed by atoms with E-state index in [-0.39, 0.29) is 5.69 Å². The van der Waals surface area contributed by atoms with Gasteiger partial charge in [0.05, 0.1) is 12.8 Å². The molecule has 2 aromatic rings. The molecule has 0 spiro atoms. The number of methoxy groups -OCH3 is 1. The molecule has 0 aliphatic heterocycles. The Morgan fingerprint density at radius 2 is 1.90 bits per heavy atom. The van der Waals surface area contributed by atoms with Crippen molar-refractivity contribution in [3.05, 3.63) is 41.7 Å². The minimum absolute atomic E-state index is 0.269. The van der Waals surface area contributed by atoms with Crippen molar-refractivity contribution < 1.29 is 22.7 Å². The second-order valence-electron chi connectivity index (χ2n) is 3.75. The van der Waals surface area contributed by atoms with E-state index in [4.69, 9.17) is 11.6 Å². The molecule has 1 aromatic heterocycles. The molecule has 0 aliphatic rings. The number of benzene rings is 1. The SMILES string of the molecule is COc1c(C(F)(F)F)nn(-c2ccccc2)c1C(=O)Cl. The van der Waals surface area contributed by atoms with E-state index in [1.807, 2.05) is 0 Å². The van der Waals surface area contributed by atoms with Crippen LogP contribution in [0.25, 0.3) is 5.69 Å². The Balaban J connectivity index is 2.75. The summed E-state index contributed by atoms with van der Waals surface area (Å²) in [4.78, 5) is 11.4. The fourth-order valence-corrected chi connectivity index (χ4v) is 1.88. The van der Waals surface area contributed by atoms with E-state index in [1.54, 1.807) is 18.2 Å². The van der Waals surface area contributed by atoms with Crippen LogP contribution in [0.1, 0.15) is 16.2 Å². The molecule has 0 saturated heterocycles. The van der Waals surface area contributed by atoms with Crippen LogP contribution in [-0.2, 0) is 6.18 Å². The zero-order valence-electron chi connectivity index (χ0n) is 10.1. The lowest BCUT2D eigenvalue weighted by molar-refractivity contribution is -0.142. The fraction of sp³-hybridized carbons (Fsp3) is 0.167. The van der Waals surface area contributed by atoms with Crippen molar-refractivity contribution in [2.24, 2.45) is 0 Å². The summed E-state index contributed by atoms with van der Waals surface area (Å²) in [6.07, 6.45) is -4.76. The maximum absolute atomic E-state index is 12.9. The van der Waals surface area contributed by atoms with E-state index in [0.29, 0.717) is 0 Å². The number of aromatic nitrogens is 2. The number of hydrogen-bond acceptors (Lipinski definition) is 3. The quantitative estimate of drug-likeness (QED) is 0.817. The highest BCUT2D eigenvalue weighted by atomic mass is 35.5. The number of hydrogen-bond donors (Lipinski definition) is 0. The van der Waals surface area contributed by atoms with Crippen LogP contribution in [-0.4, -0.2) is 22.1 Å². The minimum Gasteiger partial charge on any atom is -0.492 e. The first-order valence-corrected chi connectivity index (χ1v) is 5.73. The molecule has 0 amide bonds. The van der Waals surface area contributed by atoms with Gasteiger partial charge in [-0.15, -0.1) is 0 Å². The lowest BCUT2D eigenvalue weighted by atomic mass is 10.3. The lowest BCUT2D eigenvalue weighted by Gasteiger charge is -2.05. The van der Waals surface area contributed by atoms with Crippen LogP contribution < -0.4 is 4.74 Å². The van der Waals surface area contributed by atoms with Gasteiger partial charge in [-0.25, -0.2) is 4.68 Å². The number of carbonyl (C=O) groups excluding carboxylic acids is 1. The van der Waals surface area contributed by atoms with Gasteiger partial charge in [0.1, 0.15) is 0 Å². The molecule has 8 heteroatoms. The van der Waals surface area contributed by atoms with Gasteiger partial charge in [0.15, 0.2) is 11.4 Å². The second-order valence-corrected chi connectivity index (χ2v) is 4.09. The maximum atomic E-state index is 12.9. The number of alkyl halides is 3. The Bertz CT molecular complexity index is 638. The van der Waals surface area contributed by atoms with Crippen LogP contribution in [0.3, 0.4) is 0 Å². The molecule has 0 aliphatic carbocycles. The summed E-state index contributed by atoms with van der Waals surface area (Å²) in [5, 5.41) is 2.32. The summed E-state index contributed by atoms with van der Waals surface area (Å²) in [6.45, 7) is 0. The number of para-hydroxylation sites is 1. The molecular weight excluding hydrogens is 297 g/mol. The van der Waals surface area contributed by atoms with Crippen LogP contribution in [0, 0.1) is 0 Å². The molecule has 2 rings (SSSR count). The standard InChI is InChI=1S/C12H8ClF3N2O2/c1-20-9-8(11(13)19)18(7-5-3-2-4-6-7)17-10(9)12(14,15)16/h2-6H,1H3. The highest BCUT2D eigenvalue weighted by Gasteiger charge is 2.41. The van der Waals surface area contributed by atoms with Crippen molar-refractivity contribution in [2.45, 2.75) is 6.18 Å². The van der Waals surface area contributed by atoms with Gasteiger partial charge in [-0.2, -0.15) is 18.3 Å². The molecule has 0 N–H and O–H groups in total. The van der Waals surface area contributed by atoms with E-state index < -0.39 is 28.6 Å². The minimum atomic E-state index is -4.76. The number of nitrogens with zero attached hydrogens (tertiary/aromatic N) is 2. The Hall–Kier alpha value is -2.02. The van der Waals surface area contributed by atoms with Gasteiger partial charge in [0.25, 0.3) is 5.24 Å². The summed E-state index contributed by atoms with van der Waals surface area (Å²) in [6, 6.07) is 7.86. The van der Waals surface area contributed by atoms with E-state index in [2.05, 4.69) is 9.84 Å². The van der Waals surface area contributed by atoms with Crippen molar-refractivity contribution in [1.82, 2.24) is 9.78 Å². The molecular formula is C12H8ClF3N2O2. The van der Waals surface area contributed by atoms with Crippen LogP contribution in [0.5, 0.6) is 5.75 Å². The Kier molecular flexibility index (Phi) is 3.71. The van der Waals surface area contributed by atoms with Gasteiger partial charge >= 0.3 is 6.18 Å². The number of ether oxygens (including phenoxy) is 1. The zero-order chi connectivity index (χ0) is 14.9. The van der Waals surface area contributed by atoms with Gasteiger partial charge in [-0.05, 0) is 23.7 Å². The van der Waals surface area contributed by atoms with Crippen molar-refractivity contribution in [3.8, 4) is 11.4 Å². The average Bonchev–Trinajstić information content (AvgIpc) is 2.79. The van der Waals surface area contributed by atoms with Crippen molar-refractivity contribution in [2.75, 3.05) is 7.11 Å². The molecule has 20 heavy (non-hydrogen) atoms. The molecule has 1 aromatic carbocycles. The predicted octanol–water partition coefficient (Wildman–Crippen LogP) is 3.28. The first-order chi connectivity index (χ1) is 9.36. The maximum Gasteiger partial charge on any atom is 0.438 e. The van der Waals surface area contributed by atoms with Crippen molar-refractivity contribution in [3.63, 3.8) is 0 Å². The van der Waals surface area contributed by atoms with Gasteiger partial charge in [0, 0.05) is 0 Å². The summed E-state index contributed by atoms with van der Waals surface area (Å²) in [5.74, 6) is -0.693. The second kappa shape index (κ2) is 5.16. The Morgan fingerprint density at radius 3 is 2.35 bits per heavy atom. The van der Waals surface area contributed by atoms with Crippen molar-refractivity contribution in [1.29, 1.82) is 0 Å². The Morgan fingerprint density at radius 1 is 1.30 bits per heavy atom. The van der Waals surface area contributed by atoms with Crippen LogP contribution in [0.4, 0.5) is 13.2 Å². The van der Waals surface area contributed by atoms with E-state index in [0.717, 1.165) is 11.8 Å². The third kappa shape index (κ3) is 2.49. The first kappa shape index (κ1) is 14.4. The average molecular weight is 305 g/mol. The van der Waals surface area contributed by atoms with Gasteiger partial charge in [-0.1, -0.05) is 18.2 Å². The lowest BCUT2D eigenvalue weighted by Crippen LogP contribution is -2.08. The predicted molar refractivity (Wildman–Crippen MR) is 65.3 cm³/mol. The van der Waals surface area contributed by atoms with Crippen LogP contribution >= 0.6 is 11.6 Å². The molecule has 0 bridgehead atoms. The smallest absolute Gasteiger partial charge is 0.438 e. The summed E-state index contributed by atoms with van der Waals surface area (Å²) in [7, 11) is 1.02. The molecule has 106 valence electrons. The fourth-order valence-electron chi connectivity index (χ4n) is 1.71. The first-order valence-electron chi connectivity index (χ1n) is 5.35. The molecule has 0 unspecified atom stereocenters. The molecule has 0 saturated carbocycles. The highest BCUT2D eigenvalue weighted by Crippen LogP contribution is 2.38. The summed E-state index contributed by atoms with van der Waals surface area (Å²) < 4.78 is 44.2. The normalized spacial score (nSPS) is 11.4. The number of halogens is 4. The Labute approximate surface area is 116 Å². The molecule has 0 fully saturated rings.